The number of carboxylic acid groups (broad SMARTS) is 1. The maximum atomic E-state index is 13.1. The number of aliphatic hydroxyl groups excluding tert-OH is 2. The molecular formula is C42H64O24. The first-order valence-corrected chi connectivity index (χ1v) is 22.1. The van der Waals surface area contributed by atoms with Gasteiger partial charge in [-0.3, -0.25) is 38.4 Å². The van der Waals surface area contributed by atoms with Gasteiger partial charge in [0, 0.05) is 45.6 Å². The van der Waals surface area contributed by atoms with E-state index in [-0.39, 0.29) is 44.9 Å². The van der Waals surface area contributed by atoms with Gasteiger partial charge in [-0.1, -0.05) is 48.5 Å². The maximum absolute atomic E-state index is 13.1. The monoisotopic (exact) mass is 952 g/mol. The number of aliphatic carboxylic acids is 1. The Morgan fingerprint density at radius 1 is 0.409 bits per heavy atom. The molecule has 3 aliphatic heterocycles. The second kappa shape index (κ2) is 27.3. The van der Waals surface area contributed by atoms with Crippen LogP contribution in [0.1, 0.15) is 106 Å². The number of methoxy groups -OCH3 is 1. The number of aliphatic hydroxyl groups is 2. The van der Waals surface area contributed by atoms with E-state index in [2.05, 4.69) is 0 Å². The van der Waals surface area contributed by atoms with Crippen LogP contribution in [0.15, 0.2) is 0 Å². The van der Waals surface area contributed by atoms with E-state index in [0.29, 0.717) is 0 Å². The summed E-state index contributed by atoms with van der Waals surface area (Å²) in [7, 11) is 1.21. The van der Waals surface area contributed by atoms with E-state index in [4.69, 9.17) is 61.6 Å². The normalized spacial score (nSPS) is 31.9. The highest BCUT2D eigenvalue weighted by atomic mass is 16.8. The highest BCUT2D eigenvalue weighted by molar-refractivity contribution is 5.77. The molecule has 24 nitrogen and oxygen atoms in total. The third kappa shape index (κ3) is 15.5. The summed E-state index contributed by atoms with van der Waals surface area (Å²) in [6, 6.07) is 0. The molecule has 0 spiro atoms. The van der Waals surface area contributed by atoms with Gasteiger partial charge in [0.25, 0.3) is 0 Å². The minimum Gasteiger partial charge on any atom is -0.481 e. The third-order valence-corrected chi connectivity index (χ3v) is 10.5. The molecule has 3 rings (SSSR count). The lowest BCUT2D eigenvalue weighted by molar-refractivity contribution is -0.343. The molecule has 15 unspecified atom stereocenters. The molecule has 3 aliphatic rings. The molecule has 3 heterocycles. The predicted molar refractivity (Wildman–Crippen MR) is 215 cm³/mol. The summed E-state index contributed by atoms with van der Waals surface area (Å²) >= 11 is 0. The van der Waals surface area contributed by atoms with Crippen LogP contribution >= 0.6 is 0 Å². The van der Waals surface area contributed by atoms with Gasteiger partial charge in [0.15, 0.2) is 61.6 Å². The first-order chi connectivity index (χ1) is 31.4. The number of carboxylic acids is 1. The Kier molecular flexibility index (Phi) is 23.1. The number of hydrogen-bond acceptors (Lipinski definition) is 23. The Bertz CT molecular complexity index is 1640. The van der Waals surface area contributed by atoms with Crippen molar-refractivity contribution in [2.24, 2.45) is 0 Å². The van der Waals surface area contributed by atoms with E-state index in [1.807, 2.05) is 0 Å². The topological polar surface area (TPSA) is 317 Å². The van der Waals surface area contributed by atoms with Crippen molar-refractivity contribution in [3.05, 3.63) is 0 Å². The fourth-order valence-electron chi connectivity index (χ4n) is 6.87. The quantitative estimate of drug-likeness (QED) is 0.0885. The zero-order valence-electron chi connectivity index (χ0n) is 38.4. The minimum atomic E-state index is -1.91. The maximum Gasteiger partial charge on any atom is 0.306 e. The van der Waals surface area contributed by atoms with Gasteiger partial charge in [0.2, 0.25) is 0 Å². The van der Waals surface area contributed by atoms with Crippen LogP contribution in [0.2, 0.25) is 0 Å². The Labute approximate surface area is 381 Å². The lowest BCUT2D eigenvalue weighted by atomic mass is 9.95. The number of rotatable bonds is 24. The molecule has 66 heavy (non-hydrogen) atoms. The van der Waals surface area contributed by atoms with E-state index < -0.39 is 166 Å². The summed E-state index contributed by atoms with van der Waals surface area (Å²) in [4.78, 5) is 100. The van der Waals surface area contributed by atoms with E-state index in [1.165, 1.54) is 48.7 Å². The molecular weight excluding hydrogens is 888 g/mol. The largest absolute Gasteiger partial charge is 0.481 e. The zero-order valence-corrected chi connectivity index (χ0v) is 38.4. The number of ether oxygens (including phenoxy) is 13. The van der Waals surface area contributed by atoms with Crippen LogP contribution < -0.4 is 0 Å². The van der Waals surface area contributed by atoms with Crippen molar-refractivity contribution in [2.45, 2.75) is 198 Å². The summed E-state index contributed by atoms with van der Waals surface area (Å²) in [5, 5.41) is 32.3. The summed E-state index contributed by atoms with van der Waals surface area (Å²) in [5.74, 6) is -7.06. The minimum absolute atomic E-state index is 0.0728. The van der Waals surface area contributed by atoms with Crippen molar-refractivity contribution in [1.82, 2.24) is 0 Å². The Morgan fingerprint density at radius 2 is 0.773 bits per heavy atom. The lowest BCUT2D eigenvalue weighted by Gasteiger charge is -2.46. The van der Waals surface area contributed by atoms with Crippen LogP contribution in [0.5, 0.6) is 0 Å². The van der Waals surface area contributed by atoms with E-state index >= 15 is 0 Å². The Hall–Kier alpha value is -4.56. The molecule has 15 atom stereocenters. The molecule has 3 saturated heterocycles. The van der Waals surface area contributed by atoms with Crippen LogP contribution in [0.4, 0.5) is 0 Å². The van der Waals surface area contributed by atoms with Gasteiger partial charge < -0.3 is 76.9 Å². The molecule has 0 aliphatic carbocycles. The second-order valence-corrected chi connectivity index (χ2v) is 15.1. The van der Waals surface area contributed by atoms with E-state index in [0.717, 1.165) is 0 Å². The average molecular weight is 953 g/mol. The second-order valence-electron chi connectivity index (χ2n) is 15.1. The Balaban J connectivity index is 2.05. The first-order valence-electron chi connectivity index (χ1n) is 22.1. The number of hydrogen-bond donors (Lipinski definition) is 3. The first kappa shape index (κ1) is 55.8. The fraction of sp³-hybridized carbons (Fsp3) is 0.810. The molecule has 376 valence electrons. The van der Waals surface area contributed by atoms with Gasteiger partial charge in [-0.15, -0.1) is 0 Å². The summed E-state index contributed by atoms with van der Waals surface area (Å²) in [6.07, 6.45) is -25.5. The van der Waals surface area contributed by atoms with Gasteiger partial charge in [-0.25, -0.2) is 0 Å². The molecule has 24 heteroatoms. The fourth-order valence-corrected chi connectivity index (χ4v) is 6.87. The molecule has 0 saturated carbocycles. The van der Waals surface area contributed by atoms with Crippen LogP contribution in [0, 0.1) is 0 Å². The van der Waals surface area contributed by atoms with Crippen LogP contribution in [0.25, 0.3) is 0 Å². The predicted octanol–water partition coefficient (Wildman–Crippen LogP) is 0.680. The van der Waals surface area contributed by atoms with Gasteiger partial charge >= 0.3 is 47.8 Å². The van der Waals surface area contributed by atoms with Crippen LogP contribution in [-0.4, -0.2) is 176 Å². The molecule has 0 bridgehead atoms. The molecule has 0 radical (unpaired) electrons. The molecule has 0 amide bonds. The van der Waals surface area contributed by atoms with Gasteiger partial charge in [0.05, 0.1) is 26.1 Å². The van der Waals surface area contributed by atoms with Gasteiger partial charge in [-0.05, 0) is 6.42 Å². The summed E-state index contributed by atoms with van der Waals surface area (Å²) in [5.41, 5.74) is 0. The highest BCUT2D eigenvalue weighted by Gasteiger charge is 2.56. The van der Waals surface area contributed by atoms with Crippen molar-refractivity contribution < 1.29 is 115 Å². The van der Waals surface area contributed by atoms with Crippen molar-refractivity contribution in [3.63, 3.8) is 0 Å². The molecule has 0 aromatic rings. The molecule has 3 fully saturated rings. The lowest BCUT2D eigenvalue weighted by Crippen LogP contribution is -2.65. The van der Waals surface area contributed by atoms with Crippen molar-refractivity contribution in [2.75, 3.05) is 20.3 Å². The van der Waals surface area contributed by atoms with Crippen LogP contribution in [0.3, 0.4) is 0 Å². The third-order valence-electron chi connectivity index (χ3n) is 10.5. The SMILES string of the molecule is CCC(=O)OC1C(COC2OC(CC)C(OC(=O)CC)C(OC(=O)CC)C2OC(=O)CCC(=O)O)OC(OCC2OC(OC)C(OC(=O)CC)C(OC(=O)CC)C2O)C(O)C1OC(=O)CC. The van der Waals surface area contributed by atoms with Crippen LogP contribution in [-0.2, 0) is 99.9 Å². The summed E-state index contributed by atoms with van der Waals surface area (Å²) < 4.78 is 74.8. The number of carbonyl (C=O) groups excluding carboxylic acids is 7. The molecule has 3 N–H and O–H groups in total. The molecule has 0 aromatic carbocycles. The standard InChI is InChI=1S/C42H64O24/c1-9-20-33(60-24(45)10-2)37(64-28(49)14-6)39(66-30(51)17-16-23(43)44)42(57-20)56-19-22-34(61-25(46)11-3)36(63-27(48)13-5)32(53)40(59-22)55-18-21-31(52)35(62-26(47)12-4)38(41(54-8)58-21)65-29(50)15-7/h20-22,31-42,52-53H,9-19H2,1-8H3,(H,43,44). The Morgan fingerprint density at radius 3 is 1.24 bits per heavy atom. The summed E-state index contributed by atoms with van der Waals surface area (Å²) in [6.45, 7) is 9.25. The number of carbonyl (C=O) groups is 8. The highest BCUT2D eigenvalue weighted by Crippen LogP contribution is 2.35. The van der Waals surface area contributed by atoms with Crippen molar-refractivity contribution in [3.8, 4) is 0 Å². The van der Waals surface area contributed by atoms with E-state index in [9.17, 15) is 53.7 Å². The van der Waals surface area contributed by atoms with Crippen molar-refractivity contribution in [1.29, 1.82) is 0 Å². The zero-order chi connectivity index (χ0) is 49.2. The van der Waals surface area contributed by atoms with Gasteiger partial charge in [-0.2, -0.15) is 0 Å². The van der Waals surface area contributed by atoms with Crippen molar-refractivity contribution >= 4 is 47.8 Å². The molecule has 0 aromatic heterocycles. The van der Waals surface area contributed by atoms with Gasteiger partial charge in [0.1, 0.15) is 30.5 Å². The van der Waals surface area contributed by atoms with E-state index in [1.54, 1.807) is 6.92 Å². The average Bonchev–Trinajstić information content (AvgIpc) is 3.30. The smallest absolute Gasteiger partial charge is 0.306 e. The number of esters is 7.